The number of carbonyl (C=O) groups excluding carboxylic acids is 1. The van der Waals surface area contributed by atoms with E-state index in [1.54, 1.807) is 24.4 Å². The van der Waals surface area contributed by atoms with Crippen molar-refractivity contribution >= 4 is 17.6 Å². The molecule has 0 aliphatic heterocycles. The minimum Gasteiger partial charge on any atom is -0.480 e. The van der Waals surface area contributed by atoms with Crippen LogP contribution >= 0.6 is 0 Å². The number of nitrogens with one attached hydrogen (secondary N) is 1. The summed E-state index contributed by atoms with van der Waals surface area (Å²) in [6, 6.07) is 7.79. The molecule has 2 aromatic heterocycles. The third-order valence-electron chi connectivity index (χ3n) is 3.35. The van der Waals surface area contributed by atoms with Crippen LogP contribution in [0.15, 0.2) is 48.9 Å². The number of hydrogen-bond donors (Lipinski definition) is 2. The van der Waals surface area contributed by atoms with Crippen molar-refractivity contribution in [1.29, 1.82) is 0 Å². The Labute approximate surface area is 141 Å². The number of amides is 1. The van der Waals surface area contributed by atoms with E-state index in [1.165, 1.54) is 29.2 Å². The topological polar surface area (TPSA) is 102 Å². The third kappa shape index (κ3) is 4.08. The van der Waals surface area contributed by atoms with E-state index in [1.807, 2.05) is 0 Å². The molecule has 3 aromatic rings. The summed E-state index contributed by atoms with van der Waals surface area (Å²) in [5, 5.41) is 19.3. The van der Waals surface area contributed by atoms with Crippen molar-refractivity contribution in [3.8, 4) is 0 Å². The van der Waals surface area contributed by atoms with Crippen molar-refractivity contribution in [2.75, 3.05) is 5.32 Å². The number of rotatable bonds is 6. The maximum absolute atomic E-state index is 13.6. The highest BCUT2D eigenvalue weighted by atomic mass is 19.1. The summed E-state index contributed by atoms with van der Waals surface area (Å²) in [4.78, 5) is 22.7. The Hall–Kier alpha value is -3.49. The number of nitrogens with zero attached hydrogens (tertiary/aromatic N) is 4. The fourth-order valence-corrected chi connectivity index (χ4v) is 2.22. The lowest BCUT2D eigenvalue weighted by atomic mass is 10.2. The summed E-state index contributed by atoms with van der Waals surface area (Å²) < 4.78 is 16.3. The first-order valence-corrected chi connectivity index (χ1v) is 7.34. The first kappa shape index (κ1) is 16.4. The van der Waals surface area contributed by atoms with Gasteiger partial charge in [-0.2, -0.15) is 10.2 Å². The van der Waals surface area contributed by atoms with Crippen LogP contribution in [0.1, 0.15) is 16.1 Å². The highest BCUT2D eigenvalue weighted by Gasteiger charge is 2.12. The zero-order chi connectivity index (χ0) is 17.8. The fraction of sp³-hybridized carbons (Fsp3) is 0.125. The van der Waals surface area contributed by atoms with Crippen molar-refractivity contribution in [3.05, 3.63) is 66.0 Å². The Kier molecular flexibility index (Phi) is 4.55. The summed E-state index contributed by atoms with van der Waals surface area (Å²) in [5.41, 5.74) is 0.994. The van der Waals surface area contributed by atoms with E-state index in [0.29, 0.717) is 11.3 Å². The predicted molar refractivity (Wildman–Crippen MR) is 85.5 cm³/mol. The van der Waals surface area contributed by atoms with Gasteiger partial charge in [-0.05, 0) is 12.1 Å². The van der Waals surface area contributed by atoms with Crippen LogP contribution in [-0.2, 0) is 17.9 Å². The van der Waals surface area contributed by atoms with Crippen LogP contribution in [-0.4, -0.2) is 36.5 Å². The number of halogens is 1. The van der Waals surface area contributed by atoms with Gasteiger partial charge in [-0.1, -0.05) is 18.2 Å². The zero-order valence-corrected chi connectivity index (χ0v) is 13.0. The molecule has 2 heterocycles. The lowest BCUT2D eigenvalue weighted by Crippen LogP contribution is -2.14. The van der Waals surface area contributed by atoms with Gasteiger partial charge >= 0.3 is 5.97 Å². The van der Waals surface area contributed by atoms with Crippen LogP contribution < -0.4 is 5.32 Å². The number of aliphatic carboxylic acids is 1. The van der Waals surface area contributed by atoms with Crippen molar-refractivity contribution in [2.45, 2.75) is 13.1 Å². The maximum atomic E-state index is 13.6. The molecular weight excluding hydrogens is 329 g/mol. The molecule has 9 heteroatoms. The molecule has 0 radical (unpaired) electrons. The second-order valence-corrected chi connectivity index (χ2v) is 5.26. The molecule has 0 aliphatic rings. The Bertz CT molecular complexity index is 918. The van der Waals surface area contributed by atoms with Crippen molar-refractivity contribution < 1.29 is 19.1 Å². The van der Waals surface area contributed by atoms with Gasteiger partial charge in [0.05, 0.1) is 18.4 Å². The highest BCUT2D eigenvalue weighted by Crippen LogP contribution is 2.12. The first-order valence-electron chi connectivity index (χ1n) is 7.34. The van der Waals surface area contributed by atoms with Gasteiger partial charge < -0.3 is 10.4 Å². The molecule has 128 valence electrons. The fourth-order valence-electron chi connectivity index (χ4n) is 2.22. The molecule has 0 fully saturated rings. The molecule has 0 unspecified atom stereocenters. The molecule has 0 atom stereocenters. The Balaban J connectivity index is 1.65. The van der Waals surface area contributed by atoms with Crippen LogP contribution in [0, 0.1) is 5.82 Å². The number of carboxylic acids is 1. The van der Waals surface area contributed by atoms with Crippen LogP contribution in [0.4, 0.5) is 10.1 Å². The van der Waals surface area contributed by atoms with E-state index in [9.17, 15) is 14.0 Å². The van der Waals surface area contributed by atoms with Crippen molar-refractivity contribution in [2.24, 2.45) is 0 Å². The van der Waals surface area contributed by atoms with Gasteiger partial charge in [0, 0.05) is 18.0 Å². The number of aromatic nitrogens is 4. The molecule has 0 saturated heterocycles. The first-order chi connectivity index (χ1) is 12.0. The zero-order valence-electron chi connectivity index (χ0n) is 13.0. The lowest BCUT2D eigenvalue weighted by Gasteiger charge is -2.03. The van der Waals surface area contributed by atoms with Gasteiger partial charge in [0.2, 0.25) is 0 Å². The summed E-state index contributed by atoms with van der Waals surface area (Å²) in [6.45, 7) is -0.0936. The average Bonchev–Trinajstić information content (AvgIpc) is 3.19. The van der Waals surface area contributed by atoms with Gasteiger partial charge in [0.25, 0.3) is 5.91 Å². The van der Waals surface area contributed by atoms with Gasteiger partial charge in [-0.15, -0.1) is 0 Å². The molecule has 0 saturated carbocycles. The minimum atomic E-state index is -1.05. The molecular formula is C16H14FN5O3. The minimum absolute atomic E-state index is 0.0862. The monoisotopic (exact) mass is 343 g/mol. The smallest absolute Gasteiger partial charge is 0.325 e. The van der Waals surface area contributed by atoms with E-state index in [-0.39, 0.29) is 24.6 Å². The molecule has 2 N–H and O–H groups in total. The summed E-state index contributed by atoms with van der Waals surface area (Å²) in [6.07, 6.45) is 4.41. The Morgan fingerprint density at radius 1 is 1.20 bits per heavy atom. The number of anilines is 1. The van der Waals surface area contributed by atoms with Gasteiger partial charge in [-0.25, -0.2) is 4.39 Å². The lowest BCUT2D eigenvalue weighted by molar-refractivity contribution is -0.137. The van der Waals surface area contributed by atoms with E-state index in [4.69, 9.17) is 5.11 Å². The molecule has 0 spiro atoms. The molecule has 3 rings (SSSR count). The highest BCUT2D eigenvalue weighted by molar-refractivity contribution is 6.02. The number of hydrogen-bond acceptors (Lipinski definition) is 4. The van der Waals surface area contributed by atoms with E-state index >= 15 is 0 Å². The Morgan fingerprint density at radius 3 is 2.76 bits per heavy atom. The average molecular weight is 343 g/mol. The quantitative estimate of drug-likeness (QED) is 0.708. The van der Waals surface area contributed by atoms with Gasteiger partial charge in [-0.3, -0.25) is 19.0 Å². The normalized spacial score (nSPS) is 10.6. The van der Waals surface area contributed by atoms with Crippen LogP contribution in [0.3, 0.4) is 0 Å². The van der Waals surface area contributed by atoms with E-state index in [2.05, 4.69) is 15.5 Å². The SMILES string of the molecule is O=C(O)Cn1ccc(C(=O)Nc2cnn(Cc3ccccc3F)c2)n1. The van der Waals surface area contributed by atoms with Crippen LogP contribution in [0.2, 0.25) is 0 Å². The summed E-state index contributed by atoms with van der Waals surface area (Å²) in [5.74, 6) is -1.87. The van der Waals surface area contributed by atoms with E-state index < -0.39 is 11.9 Å². The van der Waals surface area contributed by atoms with Crippen molar-refractivity contribution in [1.82, 2.24) is 19.6 Å². The maximum Gasteiger partial charge on any atom is 0.325 e. The van der Waals surface area contributed by atoms with Crippen molar-refractivity contribution in [3.63, 3.8) is 0 Å². The third-order valence-corrected chi connectivity index (χ3v) is 3.35. The molecule has 1 amide bonds. The molecule has 8 nitrogen and oxygen atoms in total. The standard InChI is InChI=1S/C16H14FN5O3/c17-13-4-2-1-3-11(13)8-22-9-12(7-18-22)19-16(25)14-5-6-21(20-14)10-15(23)24/h1-7,9H,8,10H2,(H,19,25)(H,23,24). The predicted octanol–water partition coefficient (Wildman–Crippen LogP) is 1.60. The Morgan fingerprint density at radius 2 is 2.00 bits per heavy atom. The number of carbonyl (C=O) groups is 2. The van der Waals surface area contributed by atoms with Gasteiger partial charge in [0.15, 0.2) is 5.69 Å². The molecule has 0 bridgehead atoms. The second-order valence-electron chi connectivity index (χ2n) is 5.26. The van der Waals surface area contributed by atoms with Crippen LogP contribution in [0.5, 0.6) is 0 Å². The number of benzene rings is 1. The molecule has 25 heavy (non-hydrogen) atoms. The number of carboxylic acid groups (broad SMARTS) is 1. The summed E-state index contributed by atoms with van der Waals surface area (Å²) >= 11 is 0. The van der Waals surface area contributed by atoms with Gasteiger partial charge in [0.1, 0.15) is 12.4 Å². The summed E-state index contributed by atoms with van der Waals surface area (Å²) in [7, 11) is 0. The largest absolute Gasteiger partial charge is 0.480 e. The van der Waals surface area contributed by atoms with E-state index in [0.717, 1.165) is 4.68 Å². The molecule has 0 aliphatic carbocycles. The second kappa shape index (κ2) is 6.95. The van der Waals surface area contributed by atoms with Crippen LogP contribution in [0.25, 0.3) is 0 Å². The molecule has 1 aromatic carbocycles.